The molecule has 4 heterocycles. The number of nitrogens with two attached hydrogens (primary N) is 1. The summed E-state index contributed by atoms with van der Waals surface area (Å²) in [6.07, 6.45) is -2.87. The number of fused-ring (bicyclic) bond motifs is 2. The number of anilines is 1. The second-order valence-corrected chi connectivity index (χ2v) is 6.82. The number of nitrogen functional groups attached to an aromatic ring is 1. The first-order chi connectivity index (χ1) is 10.9. The number of hydrogen-bond acceptors (Lipinski definition) is 9. The summed E-state index contributed by atoms with van der Waals surface area (Å²) < 4.78 is 28.0. The minimum absolute atomic E-state index is 0.0250. The van der Waals surface area contributed by atoms with Gasteiger partial charge in [0.1, 0.15) is 24.6 Å². The zero-order chi connectivity index (χ0) is 16.4. The Kier molecular flexibility index (Phi) is 3.36. The summed E-state index contributed by atoms with van der Waals surface area (Å²) in [6.45, 7) is -0.201. The highest BCUT2D eigenvalue weighted by atomic mass is 35.5. The van der Waals surface area contributed by atoms with Crippen molar-refractivity contribution in [2.24, 2.45) is 0 Å². The Bertz CT molecular complexity index is 831. The maximum absolute atomic E-state index is 11.5. The molecule has 5 atom stereocenters. The van der Waals surface area contributed by atoms with Crippen LogP contribution in [0.5, 0.6) is 0 Å². The topological polar surface area (TPSA) is 155 Å². The van der Waals surface area contributed by atoms with Gasteiger partial charge in [0.05, 0.1) is 6.61 Å². The van der Waals surface area contributed by atoms with Crippen molar-refractivity contribution in [2.75, 3.05) is 12.3 Å². The summed E-state index contributed by atoms with van der Waals surface area (Å²) >= 11 is 6.10. The van der Waals surface area contributed by atoms with E-state index in [9.17, 15) is 14.6 Å². The highest BCUT2D eigenvalue weighted by molar-refractivity contribution is 7.47. The van der Waals surface area contributed by atoms with Crippen molar-refractivity contribution in [3.63, 3.8) is 0 Å². The third-order valence-corrected chi connectivity index (χ3v) is 4.93. The fourth-order valence-electron chi connectivity index (χ4n) is 2.67. The van der Waals surface area contributed by atoms with Crippen molar-refractivity contribution in [1.82, 2.24) is 19.5 Å². The number of halogens is 1. The van der Waals surface area contributed by atoms with E-state index in [1.54, 1.807) is 0 Å². The summed E-state index contributed by atoms with van der Waals surface area (Å²) in [5.74, 6) is 0.125. The van der Waals surface area contributed by atoms with Gasteiger partial charge < -0.3 is 20.5 Å². The first-order valence-corrected chi connectivity index (χ1v) is 8.38. The van der Waals surface area contributed by atoms with Gasteiger partial charge >= 0.3 is 7.82 Å². The molecule has 0 bridgehead atoms. The standard InChI is InChI=1S/C10H11ClN5O6P/c11-10-15-4-7(12)13-2-14-8(4)16(10)9-5(17)6-3(21-9)1-20-23(18,19)22-6/h2-3,5-6,9,17H,1H2,(H,18,19)(H2,12,13,14)/t3?,5-,6+,9+/m0/s1. The van der Waals surface area contributed by atoms with Crippen LogP contribution in [0.1, 0.15) is 6.23 Å². The molecule has 0 spiro atoms. The molecule has 2 aromatic heterocycles. The van der Waals surface area contributed by atoms with E-state index in [-0.39, 0.29) is 28.9 Å². The van der Waals surface area contributed by atoms with E-state index in [4.69, 9.17) is 26.6 Å². The molecule has 2 aliphatic heterocycles. The van der Waals surface area contributed by atoms with Crippen LogP contribution in [-0.2, 0) is 18.3 Å². The van der Waals surface area contributed by atoms with Crippen LogP contribution in [-0.4, -0.2) is 54.4 Å². The van der Waals surface area contributed by atoms with Crippen LogP contribution < -0.4 is 5.73 Å². The number of aromatic nitrogens is 4. The van der Waals surface area contributed by atoms with Gasteiger partial charge in [0, 0.05) is 0 Å². The monoisotopic (exact) mass is 363 g/mol. The Hall–Kier alpha value is -1.33. The van der Waals surface area contributed by atoms with E-state index in [0.717, 1.165) is 0 Å². The maximum atomic E-state index is 11.5. The van der Waals surface area contributed by atoms with Crippen molar-refractivity contribution >= 4 is 36.4 Å². The molecule has 0 aliphatic carbocycles. The predicted octanol–water partition coefficient (Wildman–Crippen LogP) is -0.164. The second kappa shape index (κ2) is 5.08. The molecule has 0 amide bonds. The molecular formula is C10H11ClN5O6P. The first kappa shape index (κ1) is 15.2. The van der Waals surface area contributed by atoms with E-state index in [1.807, 2.05) is 0 Å². The van der Waals surface area contributed by atoms with E-state index < -0.39 is 32.4 Å². The van der Waals surface area contributed by atoms with E-state index in [2.05, 4.69) is 19.5 Å². The van der Waals surface area contributed by atoms with E-state index in [0.29, 0.717) is 0 Å². The number of ether oxygens (including phenoxy) is 1. The summed E-state index contributed by atoms with van der Waals surface area (Å²) in [4.78, 5) is 21.3. The van der Waals surface area contributed by atoms with Crippen LogP contribution in [0.15, 0.2) is 6.33 Å². The zero-order valence-corrected chi connectivity index (χ0v) is 13.0. The molecule has 4 rings (SSSR count). The number of imidazole rings is 1. The molecule has 0 aromatic carbocycles. The highest BCUT2D eigenvalue weighted by Gasteiger charge is 2.53. The fraction of sp³-hybridized carbons (Fsp3) is 0.500. The summed E-state index contributed by atoms with van der Waals surface area (Å²) in [5, 5.41) is 10.4. The average Bonchev–Trinajstić information content (AvgIpc) is 2.97. The van der Waals surface area contributed by atoms with Gasteiger partial charge in [0.15, 0.2) is 23.2 Å². The molecule has 13 heteroatoms. The lowest BCUT2D eigenvalue weighted by molar-refractivity contribution is -0.0663. The minimum Gasteiger partial charge on any atom is -0.386 e. The van der Waals surface area contributed by atoms with Crippen LogP contribution in [0.2, 0.25) is 5.28 Å². The van der Waals surface area contributed by atoms with Crippen molar-refractivity contribution in [2.45, 2.75) is 24.5 Å². The quantitative estimate of drug-likeness (QED) is 0.459. The molecule has 124 valence electrons. The molecule has 2 saturated heterocycles. The van der Waals surface area contributed by atoms with Crippen LogP contribution in [0.4, 0.5) is 5.82 Å². The lowest BCUT2D eigenvalue weighted by Crippen LogP contribution is -2.39. The number of nitrogens with zero attached hydrogens (tertiary/aromatic N) is 4. The maximum Gasteiger partial charge on any atom is 0.472 e. The zero-order valence-electron chi connectivity index (χ0n) is 11.3. The third-order valence-electron chi connectivity index (χ3n) is 3.68. The van der Waals surface area contributed by atoms with Crippen molar-refractivity contribution in [1.29, 1.82) is 0 Å². The van der Waals surface area contributed by atoms with Crippen LogP contribution in [0, 0.1) is 0 Å². The molecule has 2 aromatic rings. The molecule has 2 fully saturated rings. The first-order valence-electron chi connectivity index (χ1n) is 6.50. The SMILES string of the molecule is Nc1ncnc2c1nc(Cl)n2[C@@H]1OC2COP(=O)(O)O[C@H]2[C@@H]1O. The molecule has 11 nitrogen and oxygen atoms in total. The molecule has 0 radical (unpaired) electrons. The Labute approximate surface area is 133 Å². The normalized spacial score (nSPS) is 37.2. The van der Waals surface area contributed by atoms with E-state index in [1.165, 1.54) is 10.9 Å². The smallest absolute Gasteiger partial charge is 0.386 e. The lowest BCUT2D eigenvalue weighted by atomic mass is 10.1. The van der Waals surface area contributed by atoms with E-state index >= 15 is 0 Å². The number of rotatable bonds is 1. The molecule has 2 unspecified atom stereocenters. The summed E-state index contributed by atoms with van der Waals surface area (Å²) in [7, 11) is -4.21. The Morgan fingerprint density at radius 3 is 3.04 bits per heavy atom. The fourth-order valence-corrected chi connectivity index (χ4v) is 3.90. The van der Waals surface area contributed by atoms with Crippen molar-refractivity contribution in [3.05, 3.63) is 11.6 Å². The third kappa shape index (κ3) is 2.32. The van der Waals surface area contributed by atoms with Gasteiger partial charge in [0.2, 0.25) is 5.28 Å². The van der Waals surface area contributed by atoms with Crippen LogP contribution in [0.3, 0.4) is 0 Å². The van der Waals surface area contributed by atoms with Gasteiger partial charge in [-0.05, 0) is 11.6 Å². The van der Waals surface area contributed by atoms with Gasteiger partial charge in [-0.15, -0.1) is 0 Å². The molecule has 0 saturated carbocycles. The number of phosphoric ester groups is 1. The molecule has 4 N–H and O–H groups in total. The Morgan fingerprint density at radius 2 is 2.26 bits per heavy atom. The highest BCUT2D eigenvalue weighted by Crippen LogP contribution is 2.52. The minimum atomic E-state index is -4.21. The number of aliphatic hydroxyl groups excluding tert-OH is 1. The molecule has 23 heavy (non-hydrogen) atoms. The largest absolute Gasteiger partial charge is 0.472 e. The molecule has 2 aliphatic rings. The van der Waals surface area contributed by atoms with Gasteiger partial charge in [-0.1, -0.05) is 0 Å². The molecular weight excluding hydrogens is 353 g/mol. The van der Waals surface area contributed by atoms with Gasteiger partial charge in [-0.2, -0.15) is 0 Å². The number of hydrogen-bond donors (Lipinski definition) is 3. The van der Waals surface area contributed by atoms with Crippen molar-refractivity contribution < 1.29 is 28.3 Å². The van der Waals surface area contributed by atoms with Gasteiger partial charge in [-0.3, -0.25) is 13.6 Å². The lowest BCUT2D eigenvalue weighted by Gasteiger charge is -2.27. The number of phosphoric acid groups is 1. The second-order valence-electron chi connectivity index (χ2n) is 5.07. The summed E-state index contributed by atoms with van der Waals surface area (Å²) in [6, 6.07) is 0. The van der Waals surface area contributed by atoms with Gasteiger partial charge in [-0.25, -0.2) is 19.5 Å². The average molecular weight is 364 g/mol. The Balaban J connectivity index is 1.76. The Morgan fingerprint density at radius 1 is 1.48 bits per heavy atom. The van der Waals surface area contributed by atoms with Gasteiger partial charge in [0.25, 0.3) is 0 Å². The summed E-state index contributed by atoms with van der Waals surface area (Å²) in [5.41, 5.74) is 6.24. The predicted molar refractivity (Wildman–Crippen MR) is 75.3 cm³/mol. The number of aliphatic hydroxyl groups is 1. The van der Waals surface area contributed by atoms with Crippen molar-refractivity contribution in [3.8, 4) is 0 Å². The van der Waals surface area contributed by atoms with Crippen LogP contribution >= 0.6 is 19.4 Å². The van der Waals surface area contributed by atoms with Crippen LogP contribution in [0.25, 0.3) is 11.2 Å².